The van der Waals surface area contributed by atoms with E-state index < -0.39 is 0 Å². The molecule has 1 N–H and O–H groups in total. The van der Waals surface area contributed by atoms with E-state index in [1.807, 2.05) is 46.7 Å². The third-order valence-corrected chi connectivity index (χ3v) is 5.85. The highest BCUT2D eigenvalue weighted by Crippen LogP contribution is 2.19. The minimum atomic E-state index is -0.0773. The molecule has 1 aliphatic rings. The van der Waals surface area contributed by atoms with Gasteiger partial charge in [-0.2, -0.15) is 0 Å². The van der Waals surface area contributed by atoms with Crippen molar-refractivity contribution in [2.45, 2.75) is 50.9 Å². The molecule has 9 heteroatoms. The number of nitrogens with one attached hydrogen (secondary N) is 1. The number of amides is 2. The van der Waals surface area contributed by atoms with Gasteiger partial charge in [0.1, 0.15) is 12.4 Å². The molecular formula is C21H29N5O3S. The Morgan fingerprint density at radius 3 is 2.83 bits per heavy atom. The molecule has 0 radical (unpaired) electrons. The number of hydrogen-bond donors (Lipinski definition) is 1. The summed E-state index contributed by atoms with van der Waals surface area (Å²) in [6.07, 6.45) is 3.69. The van der Waals surface area contributed by atoms with Gasteiger partial charge in [-0.25, -0.2) is 0 Å². The van der Waals surface area contributed by atoms with Crippen LogP contribution in [0.4, 0.5) is 0 Å². The number of ether oxygens (including phenoxy) is 1. The van der Waals surface area contributed by atoms with E-state index in [-0.39, 0.29) is 17.6 Å². The van der Waals surface area contributed by atoms with Gasteiger partial charge in [-0.15, -0.1) is 10.2 Å². The Morgan fingerprint density at radius 1 is 1.20 bits per heavy atom. The van der Waals surface area contributed by atoms with Crippen LogP contribution in [-0.4, -0.2) is 56.9 Å². The Labute approximate surface area is 181 Å². The Morgan fingerprint density at radius 2 is 2.03 bits per heavy atom. The van der Waals surface area contributed by atoms with Crippen LogP contribution < -0.4 is 10.1 Å². The quantitative estimate of drug-likeness (QED) is 0.459. The average Bonchev–Trinajstić information content (AvgIpc) is 3.04. The summed E-state index contributed by atoms with van der Waals surface area (Å²) in [7, 11) is 0. The average molecular weight is 432 g/mol. The van der Waals surface area contributed by atoms with Crippen LogP contribution in [-0.2, 0) is 22.7 Å². The molecule has 0 bridgehead atoms. The molecule has 1 fully saturated rings. The van der Waals surface area contributed by atoms with Crippen LogP contribution in [0.3, 0.4) is 0 Å². The molecule has 0 unspecified atom stereocenters. The molecule has 1 aromatic carbocycles. The van der Waals surface area contributed by atoms with Crippen molar-refractivity contribution in [2.24, 2.45) is 0 Å². The van der Waals surface area contributed by atoms with Crippen LogP contribution in [0.25, 0.3) is 0 Å². The molecular weight excluding hydrogens is 402 g/mol. The zero-order valence-electron chi connectivity index (χ0n) is 17.4. The van der Waals surface area contributed by atoms with Crippen LogP contribution in [0.1, 0.15) is 38.4 Å². The standard InChI is InChI=1S/C21H29N5O3S/c1-2-26-18(15-25-13-8-4-7-11-20(25)28)23-24-21(26)30-16-19(27)22-12-14-29-17-9-5-3-6-10-17/h3,5-6,9-10H,2,4,7-8,11-16H2,1H3,(H,22,27). The summed E-state index contributed by atoms with van der Waals surface area (Å²) in [5, 5.41) is 12.1. The molecule has 8 nitrogen and oxygen atoms in total. The van der Waals surface area contributed by atoms with Crippen LogP contribution in [0.5, 0.6) is 5.75 Å². The van der Waals surface area contributed by atoms with Gasteiger partial charge >= 0.3 is 0 Å². The number of likely N-dealkylation sites (tertiary alicyclic amines) is 1. The molecule has 0 atom stereocenters. The first-order chi connectivity index (χ1) is 14.7. The molecule has 2 aromatic rings. The monoisotopic (exact) mass is 431 g/mol. The lowest BCUT2D eigenvalue weighted by Gasteiger charge is -2.20. The van der Waals surface area contributed by atoms with Crippen molar-refractivity contribution < 1.29 is 14.3 Å². The number of aromatic nitrogens is 3. The SMILES string of the molecule is CCn1c(CN2CCCCCC2=O)nnc1SCC(=O)NCCOc1ccccc1. The molecule has 0 spiro atoms. The first-order valence-electron chi connectivity index (χ1n) is 10.4. The third-order valence-electron chi connectivity index (χ3n) is 4.88. The largest absolute Gasteiger partial charge is 0.492 e. The molecule has 1 aromatic heterocycles. The van der Waals surface area contributed by atoms with Crippen LogP contribution in [0, 0.1) is 0 Å². The highest BCUT2D eigenvalue weighted by Gasteiger charge is 2.20. The van der Waals surface area contributed by atoms with Crippen molar-refractivity contribution in [3.8, 4) is 5.75 Å². The highest BCUT2D eigenvalue weighted by molar-refractivity contribution is 7.99. The van der Waals surface area contributed by atoms with E-state index in [4.69, 9.17) is 4.74 Å². The predicted octanol–water partition coefficient (Wildman–Crippen LogP) is 2.49. The lowest BCUT2D eigenvalue weighted by molar-refractivity contribution is -0.131. The minimum absolute atomic E-state index is 0.0773. The zero-order valence-corrected chi connectivity index (χ0v) is 18.2. The van der Waals surface area contributed by atoms with Gasteiger partial charge in [0.2, 0.25) is 11.8 Å². The van der Waals surface area contributed by atoms with Crippen molar-refractivity contribution in [3.05, 3.63) is 36.2 Å². The normalized spacial score (nSPS) is 14.4. The lowest BCUT2D eigenvalue weighted by atomic mass is 10.2. The Balaban J connectivity index is 1.44. The van der Waals surface area contributed by atoms with Crippen molar-refractivity contribution in [3.63, 3.8) is 0 Å². The summed E-state index contributed by atoms with van der Waals surface area (Å²) >= 11 is 1.35. The molecule has 1 saturated heterocycles. The number of carbonyl (C=O) groups is 2. The Hall–Kier alpha value is -2.55. The van der Waals surface area contributed by atoms with Gasteiger partial charge in [-0.3, -0.25) is 9.59 Å². The summed E-state index contributed by atoms with van der Waals surface area (Å²) < 4.78 is 7.55. The zero-order chi connectivity index (χ0) is 21.2. The number of benzene rings is 1. The number of hydrogen-bond acceptors (Lipinski definition) is 6. The topological polar surface area (TPSA) is 89.4 Å². The molecule has 30 heavy (non-hydrogen) atoms. The maximum Gasteiger partial charge on any atom is 0.230 e. The molecule has 162 valence electrons. The van der Waals surface area contributed by atoms with Crippen molar-refractivity contribution in [1.29, 1.82) is 0 Å². The van der Waals surface area contributed by atoms with Gasteiger partial charge in [0.05, 0.1) is 18.8 Å². The molecule has 0 aliphatic carbocycles. The Bertz CT molecular complexity index is 827. The summed E-state index contributed by atoms with van der Waals surface area (Å²) in [5.74, 6) is 1.92. The lowest BCUT2D eigenvalue weighted by Crippen LogP contribution is -2.31. The third kappa shape index (κ3) is 6.48. The second-order valence-corrected chi connectivity index (χ2v) is 8.01. The van der Waals surface area contributed by atoms with Crippen LogP contribution in [0.2, 0.25) is 0 Å². The Kier molecular flexibility index (Phi) is 8.55. The number of para-hydroxylation sites is 1. The first kappa shape index (κ1) is 22.1. The van der Waals surface area contributed by atoms with Gasteiger partial charge in [-0.1, -0.05) is 36.4 Å². The van der Waals surface area contributed by atoms with Crippen molar-refractivity contribution in [1.82, 2.24) is 25.0 Å². The maximum absolute atomic E-state index is 12.3. The van der Waals surface area contributed by atoms with Crippen molar-refractivity contribution in [2.75, 3.05) is 25.4 Å². The van der Waals surface area contributed by atoms with E-state index in [2.05, 4.69) is 15.5 Å². The summed E-state index contributed by atoms with van der Waals surface area (Å²) in [5.41, 5.74) is 0. The summed E-state index contributed by atoms with van der Waals surface area (Å²) in [6, 6.07) is 9.51. The highest BCUT2D eigenvalue weighted by atomic mass is 32.2. The van der Waals surface area contributed by atoms with Gasteiger partial charge in [0, 0.05) is 19.5 Å². The number of nitrogens with zero attached hydrogens (tertiary/aromatic N) is 4. The van der Waals surface area contributed by atoms with Crippen LogP contribution in [0.15, 0.2) is 35.5 Å². The smallest absolute Gasteiger partial charge is 0.230 e. The van der Waals surface area contributed by atoms with E-state index in [1.54, 1.807) is 0 Å². The summed E-state index contributed by atoms with van der Waals surface area (Å²) in [6.45, 7) is 4.81. The molecule has 3 rings (SSSR count). The fourth-order valence-corrected chi connectivity index (χ4v) is 4.15. The van der Waals surface area contributed by atoms with Crippen molar-refractivity contribution >= 4 is 23.6 Å². The van der Waals surface area contributed by atoms with Gasteiger partial charge in [-0.05, 0) is 31.9 Å². The van der Waals surface area contributed by atoms with Gasteiger partial charge < -0.3 is 19.5 Å². The van der Waals surface area contributed by atoms with Gasteiger partial charge in [0.25, 0.3) is 0 Å². The fraction of sp³-hybridized carbons (Fsp3) is 0.524. The molecule has 1 aliphatic heterocycles. The molecule has 2 amide bonds. The predicted molar refractivity (Wildman–Crippen MR) is 115 cm³/mol. The van der Waals surface area contributed by atoms with E-state index in [9.17, 15) is 9.59 Å². The number of carbonyl (C=O) groups excluding carboxylic acids is 2. The van der Waals surface area contributed by atoms with Crippen LogP contribution >= 0.6 is 11.8 Å². The first-order valence-corrected chi connectivity index (χ1v) is 11.4. The van der Waals surface area contributed by atoms with E-state index in [0.717, 1.165) is 37.4 Å². The number of rotatable bonds is 10. The second-order valence-electron chi connectivity index (χ2n) is 7.07. The summed E-state index contributed by atoms with van der Waals surface area (Å²) in [4.78, 5) is 26.3. The van der Waals surface area contributed by atoms with E-state index >= 15 is 0 Å². The minimum Gasteiger partial charge on any atom is -0.492 e. The van der Waals surface area contributed by atoms with E-state index in [1.165, 1.54) is 11.8 Å². The molecule has 0 saturated carbocycles. The van der Waals surface area contributed by atoms with Gasteiger partial charge in [0.15, 0.2) is 11.0 Å². The second kappa shape index (κ2) is 11.6. The fourth-order valence-electron chi connectivity index (χ4n) is 3.29. The maximum atomic E-state index is 12.3. The molecule has 2 heterocycles. The van der Waals surface area contributed by atoms with E-state index in [0.29, 0.717) is 37.8 Å². The number of thioether (sulfide) groups is 1.